The molecule has 0 radical (unpaired) electrons. The molecule has 2 aromatic rings. The van der Waals surface area contributed by atoms with Crippen molar-refractivity contribution in [1.29, 1.82) is 0 Å². The van der Waals surface area contributed by atoms with Gasteiger partial charge in [-0.15, -0.1) is 0 Å². The topological polar surface area (TPSA) is 29.4 Å². The molecule has 0 spiro atoms. The molecular formula is C16H15NOS. The Balaban J connectivity index is 2.06. The predicted octanol–water partition coefficient (Wildman–Crippen LogP) is 3.61. The standard InChI is InChI=1S/C16H15NOS/c1-2-15-10-6-7-11-16(15)12-17-19(18)13-14-8-4-3-5-9-14/h2-12H,1,13H2/b17-12+. The smallest absolute Gasteiger partial charge is 0.143 e. The van der Waals surface area contributed by atoms with Crippen LogP contribution in [0.15, 0.2) is 65.6 Å². The highest BCUT2D eigenvalue weighted by molar-refractivity contribution is 7.83. The van der Waals surface area contributed by atoms with Gasteiger partial charge in [-0.25, -0.2) is 4.21 Å². The molecule has 19 heavy (non-hydrogen) atoms. The van der Waals surface area contributed by atoms with E-state index in [9.17, 15) is 4.21 Å². The fourth-order valence-corrected chi connectivity index (χ4v) is 2.47. The summed E-state index contributed by atoms with van der Waals surface area (Å²) in [5.74, 6) is 0.438. The van der Waals surface area contributed by atoms with Crippen LogP contribution in [0.5, 0.6) is 0 Å². The van der Waals surface area contributed by atoms with Gasteiger partial charge < -0.3 is 0 Å². The minimum absolute atomic E-state index is 0.438. The average molecular weight is 269 g/mol. The Morgan fingerprint density at radius 3 is 2.32 bits per heavy atom. The van der Waals surface area contributed by atoms with E-state index in [1.54, 1.807) is 12.3 Å². The normalized spacial score (nSPS) is 12.4. The van der Waals surface area contributed by atoms with Gasteiger partial charge in [0.2, 0.25) is 0 Å². The van der Waals surface area contributed by atoms with Gasteiger partial charge in [0.05, 0.1) is 5.75 Å². The maximum Gasteiger partial charge on any atom is 0.143 e. The van der Waals surface area contributed by atoms with Crippen molar-refractivity contribution in [1.82, 2.24) is 0 Å². The van der Waals surface area contributed by atoms with Crippen molar-refractivity contribution >= 4 is 23.3 Å². The van der Waals surface area contributed by atoms with Crippen LogP contribution in [-0.2, 0) is 16.7 Å². The molecule has 0 aliphatic heterocycles. The van der Waals surface area contributed by atoms with Crippen LogP contribution in [0.25, 0.3) is 6.08 Å². The highest BCUT2D eigenvalue weighted by Crippen LogP contribution is 2.08. The van der Waals surface area contributed by atoms with Crippen LogP contribution in [0.1, 0.15) is 16.7 Å². The third kappa shape index (κ3) is 4.00. The van der Waals surface area contributed by atoms with E-state index in [2.05, 4.69) is 11.0 Å². The van der Waals surface area contributed by atoms with Gasteiger partial charge in [0.1, 0.15) is 11.0 Å². The van der Waals surface area contributed by atoms with E-state index >= 15 is 0 Å². The molecule has 0 aliphatic carbocycles. The van der Waals surface area contributed by atoms with E-state index in [4.69, 9.17) is 0 Å². The fraction of sp³-hybridized carbons (Fsp3) is 0.0625. The van der Waals surface area contributed by atoms with Gasteiger partial charge in [-0.1, -0.05) is 67.3 Å². The van der Waals surface area contributed by atoms with E-state index in [-0.39, 0.29) is 0 Å². The molecule has 3 heteroatoms. The molecular weight excluding hydrogens is 254 g/mol. The minimum Gasteiger partial charge on any atom is -0.235 e. The molecule has 2 aromatic carbocycles. The third-order valence-electron chi connectivity index (χ3n) is 2.66. The Kier molecular flexibility index (Phi) is 4.81. The van der Waals surface area contributed by atoms with Crippen molar-refractivity contribution in [2.45, 2.75) is 5.75 Å². The van der Waals surface area contributed by atoms with Gasteiger partial charge in [0.15, 0.2) is 0 Å². The zero-order valence-electron chi connectivity index (χ0n) is 10.5. The second-order valence-electron chi connectivity index (χ2n) is 4.02. The molecule has 0 N–H and O–H groups in total. The monoisotopic (exact) mass is 269 g/mol. The van der Waals surface area contributed by atoms with Gasteiger partial charge >= 0.3 is 0 Å². The number of hydrogen-bond donors (Lipinski definition) is 0. The van der Waals surface area contributed by atoms with Gasteiger partial charge in [-0.3, -0.25) is 0 Å². The molecule has 0 aliphatic rings. The van der Waals surface area contributed by atoms with E-state index in [1.165, 1.54) is 0 Å². The first-order chi connectivity index (χ1) is 9.29. The molecule has 2 nitrogen and oxygen atoms in total. The van der Waals surface area contributed by atoms with Crippen molar-refractivity contribution in [2.75, 3.05) is 0 Å². The van der Waals surface area contributed by atoms with Crippen molar-refractivity contribution in [2.24, 2.45) is 4.40 Å². The number of hydrogen-bond acceptors (Lipinski definition) is 1. The molecule has 0 fully saturated rings. The second-order valence-corrected chi connectivity index (χ2v) is 5.16. The zero-order chi connectivity index (χ0) is 13.5. The quantitative estimate of drug-likeness (QED) is 0.762. The van der Waals surface area contributed by atoms with E-state index in [0.29, 0.717) is 5.75 Å². The molecule has 0 saturated carbocycles. The number of benzene rings is 2. The first kappa shape index (κ1) is 13.4. The SMILES string of the molecule is C=Cc1ccccc1/C=N/S(=O)Cc1ccccc1. The lowest BCUT2D eigenvalue weighted by atomic mass is 10.1. The van der Waals surface area contributed by atoms with E-state index in [0.717, 1.165) is 16.7 Å². The summed E-state index contributed by atoms with van der Waals surface area (Å²) in [5, 5.41) is 0. The third-order valence-corrected chi connectivity index (χ3v) is 3.58. The van der Waals surface area contributed by atoms with Crippen molar-refractivity contribution < 1.29 is 4.21 Å². The molecule has 0 aromatic heterocycles. The van der Waals surface area contributed by atoms with Crippen LogP contribution < -0.4 is 0 Å². The van der Waals surface area contributed by atoms with E-state index < -0.39 is 11.0 Å². The molecule has 0 saturated heterocycles. The maximum absolute atomic E-state index is 11.9. The summed E-state index contributed by atoms with van der Waals surface area (Å²) in [7, 11) is -1.25. The maximum atomic E-state index is 11.9. The lowest BCUT2D eigenvalue weighted by Gasteiger charge is -1.99. The second kappa shape index (κ2) is 6.81. The Morgan fingerprint density at radius 1 is 1.00 bits per heavy atom. The Hall–Kier alpha value is -2.00. The molecule has 0 amide bonds. The Labute approximate surface area is 116 Å². The highest BCUT2D eigenvalue weighted by atomic mass is 32.2. The minimum atomic E-state index is -1.25. The lowest BCUT2D eigenvalue weighted by molar-refractivity contribution is 0.684. The van der Waals surface area contributed by atoms with E-state index in [1.807, 2.05) is 54.6 Å². The Bertz CT molecular complexity index is 605. The Morgan fingerprint density at radius 2 is 1.63 bits per heavy atom. The van der Waals surface area contributed by atoms with Crippen LogP contribution in [-0.4, -0.2) is 10.4 Å². The fourth-order valence-electron chi connectivity index (χ4n) is 1.68. The summed E-state index contributed by atoms with van der Waals surface area (Å²) < 4.78 is 16.0. The molecule has 1 atom stereocenters. The van der Waals surface area contributed by atoms with Crippen molar-refractivity contribution in [3.63, 3.8) is 0 Å². The predicted molar refractivity (Wildman–Crippen MR) is 82.4 cm³/mol. The lowest BCUT2D eigenvalue weighted by Crippen LogP contribution is -1.93. The van der Waals surface area contributed by atoms with Gasteiger partial charge in [-0.05, 0) is 11.1 Å². The molecule has 0 bridgehead atoms. The van der Waals surface area contributed by atoms with Crippen molar-refractivity contribution in [3.8, 4) is 0 Å². The zero-order valence-corrected chi connectivity index (χ0v) is 11.3. The van der Waals surface area contributed by atoms with Crippen LogP contribution in [0, 0.1) is 0 Å². The highest BCUT2D eigenvalue weighted by Gasteiger charge is 1.99. The van der Waals surface area contributed by atoms with Crippen LogP contribution in [0.2, 0.25) is 0 Å². The summed E-state index contributed by atoms with van der Waals surface area (Å²) in [5.41, 5.74) is 2.94. The number of rotatable bonds is 5. The van der Waals surface area contributed by atoms with Crippen LogP contribution >= 0.6 is 0 Å². The first-order valence-electron chi connectivity index (χ1n) is 5.97. The summed E-state index contributed by atoms with van der Waals surface area (Å²) in [6.07, 6.45) is 3.41. The largest absolute Gasteiger partial charge is 0.235 e. The summed E-state index contributed by atoms with van der Waals surface area (Å²) in [4.78, 5) is 0. The molecule has 1 unspecified atom stereocenters. The number of nitrogens with zero attached hydrogens (tertiary/aromatic N) is 1. The molecule has 0 heterocycles. The van der Waals surface area contributed by atoms with Crippen LogP contribution in [0.3, 0.4) is 0 Å². The molecule has 2 rings (SSSR count). The summed E-state index contributed by atoms with van der Waals surface area (Å²) in [6.45, 7) is 3.75. The van der Waals surface area contributed by atoms with Gasteiger partial charge in [0.25, 0.3) is 0 Å². The molecule has 96 valence electrons. The van der Waals surface area contributed by atoms with Crippen molar-refractivity contribution in [3.05, 3.63) is 77.9 Å². The average Bonchev–Trinajstić information content (AvgIpc) is 2.46. The van der Waals surface area contributed by atoms with Crippen LogP contribution in [0.4, 0.5) is 0 Å². The summed E-state index contributed by atoms with van der Waals surface area (Å²) >= 11 is 0. The van der Waals surface area contributed by atoms with Gasteiger partial charge in [-0.2, -0.15) is 4.40 Å². The van der Waals surface area contributed by atoms with Gasteiger partial charge in [0, 0.05) is 11.8 Å². The summed E-state index contributed by atoms with van der Waals surface area (Å²) in [6, 6.07) is 17.5. The first-order valence-corrected chi connectivity index (χ1v) is 7.25.